The average molecular weight is 363 g/mol. The van der Waals surface area contributed by atoms with Crippen molar-refractivity contribution in [2.24, 2.45) is 0 Å². The monoisotopic (exact) mass is 362 g/mol. The Balaban J connectivity index is 1.56. The second-order valence-electron chi connectivity index (χ2n) is 6.79. The quantitative estimate of drug-likeness (QED) is 0.626. The third kappa shape index (κ3) is 7.20. The molecule has 0 spiro atoms. The fraction of sp³-hybridized carbons (Fsp3) is 0.700. The summed E-state index contributed by atoms with van der Waals surface area (Å²) in [5.74, 6) is 0.973. The Bertz CT molecular complexity index is 511. The first-order valence-electron chi connectivity index (χ1n) is 10.1. The lowest BCUT2D eigenvalue weighted by molar-refractivity contribution is 0.0275. The Morgan fingerprint density at radius 1 is 1.19 bits per heavy atom. The smallest absolute Gasteiger partial charge is 0.315 e. The van der Waals surface area contributed by atoms with Gasteiger partial charge in [-0.2, -0.15) is 0 Å². The maximum Gasteiger partial charge on any atom is 0.315 e. The largest absolute Gasteiger partial charge is 0.378 e. The molecule has 1 heterocycles. The summed E-state index contributed by atoms with van der Waals surface area (Å²) in [4.78, 5) is 18.5. The molecule has 2 N–H and O–H groups in total. The number of urea groups is 1. The molecule has 2 rings (SSSR count). The van der Waals surface area contributed by atoms with E-state index in [0.717, 1.165) is 37.5 Å². The van der Waals surface area contributed by atoms with E-state index >= 15 is 0 Å². The van der Waals surface area contributed by atoms with Gasteiger partial charge in [0.15, 0.2) is 0 Å². The molecule has 0 saturated heterocycles. The summed E-state index contributed by atoms with van der Waals surface area (Å²) in [5.41, 5.74) is 0.997. The molecule has 0 radical (unpaired) electrons. The predicted octanol–water partition coefficient (Wildman–Crippen LogP) is 3.47. The molecule has 0 unspecified atom stereocenters. The van der Waals surface area contributed by atoms with Crippen LogP contribution in [0.25, 0.3) is 0 Å². The van der Waals surface area contributed by atoms with Gasteiger partial charge in [0.1, 0.15) is 5.82 Å². The number of carbonyl (C=O) groups excluding carboxylic acids is 1. The van der Waals surface area contributed by atoms with Gasteiger partial charge in [-0.05, 0) is 44.7 Å². The molecule has 1 aromatic rings. The zero-order chi connectivity index (χ0) is 18.6. The van der Waals surface area contributed by atoms with E-state index in [-0.39, 0.29) is 6.03 Å². The predicted molar refractivity (Wildman–Crippen MR) is 105 cm³/mol. The molecule has 0 aromatic carbocycles. The normalized spacial score (nSPS) is 14.8. The number of hydrogen-bond acceptors (Lipinski definition) is 4. The molecule has 1 aromatic heterocycles. The second-order valence-corrected chi connectivity index (χ2v) is 6.79. The number of amides is 2. The van der Waals surface area contributed by atoms with E-state index in [1.54, 1.807) is 0 Å². The maximum absolute atomic E-state index is 11.9. The van der Waals surface area contributed by atoms with E-state index in [4.69, 9.17) is 4.74 Å². The van der Waals surface area contributed by atoms with Crippen molar-refractivity contribution in [3.8, 4) is 0 Å². The minimum atomic E-state index is -0.143. The Hall–Kier alpha value is -1.82. The minimum Gasteiger partial charge on any atom is -0.378 e. The molecule has 0 bridgehead atoms. The van der Waals surface area contributed by atoms with Crippen molar-refractivity contribution < 1.29 is 9.53 Å². The number of aromatic nitrogens is 1. The zero-order valence-electron chi connectivity index (χ0n) is 16.3. The van der Waals surface area contributed by atoms with Crippen LogP contribution >= 0.6 is 0 Å². The van der Waals surface area contributed by atoms with Gasteiger partial charge in [-0.25, -0.2) is 9.78 Å². The third-order valence-electron chi connectivity index (χ3n) is 4.86. The zero-order valence-corrected chi connectivity index (χ0v) is 16.3. The van der Waals surface area contributed by atoms with Crippen LogP contribution in [-0.2, 0) is 11.3 Å². The highest BCUT2D eigenvalue weighted by atomic mass is 16.5. The Labute approximate surface area is 157 Å². The number of anilines is 1. The Morgan fingerprint density at radius 2 is 1.96 bits per heavy atom. The third-order valence-corrected chi connectivity index (χ3v) is 4.86. The fourth-order valence-corrected chi connectivity index (χ4v) is 3.26. The van der Waals surface area contributed by atoms with Crippen molar-refractivity contribution in [2.45, 2.75) is 65.0 Å². The van der Waals surface area contributed by atoms with Crippen LogP contribution in [0.4, 0.5) is 10.6 Å². The van der Waals surface area contributed by atoms with E-state index in [9.17, 15) is 4.79 Å². The van der Waals surface area contributed by atoms with Crippen molar-refractivity contribution in [3.05, 3.63) is 23.9 Å². The lowest BCUT2D eigenvalue weighted by Gasteiger charge is -2.21. The topological polar surface area (TPSA) is 66.5 Å². The molecule has 146 valence electrons. The SMILES string of the molecule is CCN(CC)c1ccc(CNC(=O)NCCCOC2CCCCC2)cn1. The standard InChI is InChI=1S/C20H34N4O2/c1-3-24(4-2)19-12-11-17(15-22-19)16-23-20(25)21-13-8-14-26-18-9-6-5-7-10-18/h11-12,15,18H,3-10,13-14,16H2,1-2H3,(H2,21,23,25). The van der Waals surface area contributed by atoms with Crippen LogP contribution in [-0.4, -0.2) is 43.4 Å². The first-order valence-corrected chi connectivity index (χ1v) is 10.1. The van der Waals surface area contributed by atoms with E-state index in [0.29, 0.717) is 19.2 Å². The van der Waals surface area contributed by atoms with E-state index in [1.165, 1.54) is 32.1 Å². The second kappa shape index (κ2) is 11.7. The van der Waals surface area contributed by atoms with Crippen LogP contribution < -0.4 is 15.5 Å². The number of ether oxygens (including phenoxy) is 1. The van der Waals surface area contributed by atoms with Gasteiger partial charge < -0.3 is 20.3 Å². The van der Waals surface area contributed by atoms with Crippen LogP contribution in [0.2, 0.25) is 0 Å². The van der Waals surface area contributed by atoms with Crippen LogP contribution in [0.3, 0.4) is 0 Å². The summed E-state index contributed by atoms with van der Waals surface area (Å²) in [6.45, 7) is 7.95. The van der Waals surface area contributed by atoms with Crippen molar-refractivity contribution in [3.63, 3.8) is 0 Å². The van der Waals surface area contributed by atoms with Crippen molar-refractivity contribution in [2.75, 3.05) is 31.1 Å². The van der Waals surface area contributed by atoms with Crippen LogP contribution in [0.1, 0.15) is 57.9 Å². The van der Waals surface area contributed by atoms with Crippen LogP contribution in [0.15, 0.2) is 18.3 Å². The summed E-state index contributed by atoms with van der Waals surface area (Å²) in [6, 6.07) is 3.87. The first-order chi connectivity index (χ1) is 12.7. The van der Waals surface area contributed by atoms with Gasteiger partial charge in [0.25, 0.3) is 0 Å². The van der Waals surface area contributed by atoms with Gasteiger partial charge in [-0.15, -0.1) is 0 Å². The van der Waals surface area contributed by atoms with Crippen molar-refractivity contribution in [1.29, 1.82) is 0 Å². The van der Waals surface area contributed by atoms with E-state index in [1.807, 2.05) is 18.3 Å². The lowest BCUT2D eigenvalue weighted by Crippen LogP contribution is -2.36. The van der Waals surface area contributed by atoms with Gasteiger partial charge in [0.2, 0.25) is 0 Å². The lowest BCUT2D eigenvalue weighted by atomic mass is 9.98. The van der Waals surface area contributed by atoms with Gasteiger partial charge >= 0.3 is 6.03 Å². The van der Waals surface area contributed by atoms with Crippen LogP contribution in [0, 0.1) is 0 Å². The molecular formula is C20H34N4O2. The van der Waals surface area contributed by atoms with Crippen molar-refractivity contribution >= 4 is 11.8 Å². The summed E-state index contributed by atoms with van der Waals surface area (Å²) >= 11 is 0. The Kier molecular flexibility index (Phi) is 9.24. The number of pyridine rings is 1. The van der Waals surface area contributed by atoms with Gasteiger partial charge in [-0.3, -0.25) is 0 Å². The average Bonchev–Trinajstić information content (AvgIpc) is 2.69. The van der Waals surface area contributed by atoms with E-state index < -0.39 is 0 Å². The fourth-order valence-electron chi connectivity index (χ4n) is 3.26. The Morgan fingerprint density at radius 3 is 2.62 bits per heavy atom. The molecule has 1 fully saturated rings. The number of hydrogen-bond donors (Lipinski definition) is 2. The van der Waals surface area contributed by atoms with Crippen molar-refractivity contribution in [1.82, 2.24) is 15.6 Å². The summed E-state index contributed by atoms with van der Waals surface area (Å²) in [6.07, 6.45) is 9.41. The molecule has 1 saturated carbocycles. The van der Waals surface area contributed by atoms with Crippen LogP contribution in [0.5, 0.6) is 0 Å². The summed E-state index contributed by atoms with van der Waals surface area (Å²) in [5, 5.41) is 5.75. The first kappa shape index (κ1) is 20.5. The summed E-state index contributed by atoms with van der Waals surface area (Å²) < 4.78 is 5.86. The highest BCUT2D eigenvalue weighted by Gasteiger charge is 2.13. The molecule has 0 atom stereocenters. The number of rotatable bonds is 10. The number of nitrogens with one attached hydrogen (secondary N) is 2. The van der Waals surface area contributed by atoms with E-state index in [2.05, 4.69) is 34.4 Å². The molecular weight excluding hydrogens is 328 g/mol. The number of nitrogens with zero attached hydrogens (tertiary/aromatic N) is 2. The molecule has 6 heteroatoms. The van der Waals surface area contributed by atoms with Gasteiger partial charge in [-0.1, -0.05) is 25.3 Å². The minimum absolute atomic E-state index is 0.143. The molecule has 1 aliphatic carbocycles. The van der Waals surface area contributed by atoms with Gasteiger partial charge in [0.05, 0.1) is 6.10 Å². The molecule has 26 heavy (non-hydrogen) atoms. The molecule has 6 nitrogen and oxygen atoms in total. The molecule has 2 amide bonds. The van der Waals surface area contributed by atoms with Gasteiger partial charge in [0, 0.05) is 39.0 Å². The maximum atomic E-state index is 11.9. The highest BCUT2D eigenvalue weighted by Crippen LogP contribution is 2.20. The molecule has 1 aliphatic rings. The number of carbonyl (C=O) groups is 1. The molecule has 0 aliphatic heterocycles. The highest BCUT2D eigenvalue weighted by molar-refractivity contribution is 5.73. The summed E-state index contributed by atoms with van der Waals surface area (Å²) in [7, 11) is 0.